The van der Waals surface area contributed by atoms with E-state index in [4.69, 9.17) is 5.73 Å². The average molecular weight is 428 g/mol. The molecule has 0 spiro atoms. The molecule has 0 saturated heterocycles. The third kappa shape index (κ3) is 3.03. The summed E-state index contributed by atoms with van der Waals surface area (Å²) < 4.78 is 15.0. The van der Waals surface area contributed by atoms with Gasteiger partial charge in [0, 0.05) is 28.6 Å². The fraction of sp³-hybridized carbons (Fsp3) is 0.208. The van der Waals surface area contributed by atoms with Gasteiger partial charge in [-0.05, 0) is 48.1 Å². The van der Waals surface area contributed by atoms with E-state index in [-0.39, 0.29) is 18.4 Å². The lowest BCUT2D eigenvalue weighted by atomic mass is 9.96. The summed E-state index contributed by atoms with van der Waals surface area (Å²) in [6.07, 6.45) is 7.69. The number of imidazole rings is 1. The Morgan fingerprint density at radius 1 is 1.22 bits per heavy atom. The number of nitrogens with two attached hydrogens (primary N) is 1. The molecule has 0 atom stereocenters. The molecule has 4 aromatic rings. The number of aromatic amines is 1. The third-order valence-electron chi connectivity index (χ3n) is 6.23. The Balaban J connectivity index is 1.44. The molecule has 1 saturated carbocycles. The van der Waals surface area contributed by atoms with Gasteiger partial charge >= 0.3 is 0 Å². The van der Waals surface area contributed by atoms with Gasteiger partial charge in [0.05, 0.1) is 19.5 Å². The SMILES string of the molecule is Nc1nc(-c2cccc(N3C=Cc4cc(C5CC5)cc(F)c4C3)c2CO)c2nc[nH]c2n1. The monoisotopic (exact) mass is 428 g/mol. The van der Waals surface area contributed by atoms with Crippen LogP contribution in [-0.4, -0.2) is 25.0 Å². The number of aromatic nitrogens is 4. The quantitative estimate of drug-likeness (QED) is 0.452. The Morgan fingerprint density at radius 2 is 2.09 bits per heavy atom. The van der Waals surface area contributed by atoms with E-state index in [0.29, 0.717) is 46.0 Å². The number of nitrogen functional groups attached to an aromatic ring is 1. The lowest BCUT2D eigenvalue weighted by Gasteiger charge is -2.28. The Labute approximate surface area is 183 Å². The molecule has 0 bridgehead atoms. The van der Waals surface area contributed by atoms with Gasteiger partial charge in [0.15, 0.2) is 5.65 Å². The molecule has 2 aromatic carbocycles. The molecule has 6 rings (SSSR count). The number of nitrogens with one attached hydrogen (secondary N) is 1. The van der Waals surface area contributed by atoms with E-state index in [1.54, 1.807) is 6.07 Å². The van der Waals surface area contributed by atoms with Gasteiger partial charge in [0.1, 0.15) is 17.0 Å². The second-order valence-corrected chi connectivity index (χ2v) is 8.28. The first kappa shape index (κ1) is 18.9. The summed E-state index contributed by atoms with van der Waals surface area (Å²) >= 11 is 0. The van der Waals surface area contributed by atoms with Gasteiger partial charge in [-0.15, -0.1) is 0 Å². The van der Waals surface area contributed by atoms with E-state index in [0.717, 1.165) is 29.7 Å². The highest BCUT2D eigenvalue weighted by Gasteiger charge is 2.27. The molecule has 4 N–H and O–H groups in total. The lowest BCUT2D eigenvalue weighted by Crippen LogP contribution is -2.22. The van der Waals surface area contributed by atoms with E-state index < -0.39 is 0 Å². The van der Waals surface area contributed by atoms with Crippen LogP contribution in [0.4, 0.5) is 16.0 Å². The lowest BCUT2D eigenvalue weighted by molar-refractivity contribution is 0.282. The normalized spacial score (nSPS) is 15.4. The molecule has 32 heavy (non-hydrogen) atoms. The molecule has 8 heteroatoms. The number of hydrogen-bond acceptors (Lipinski definition) is 6. The maximum Gasteiger partial charge on any atom is 0.222 e. The number of halogens is 1. The van der Waals surface area contributed by atoms with Crippen LogP contribution in [0.25, 0.3) is 28.5 Å². The highest BCUT2D eigenvalue weighted by Crippen LogP contribution is 2.42. The Kier molecular flexibility index (Phi) is 4.22. The van der Waals surface area contributed by atoms with Gasteiger partial charge < -0.3 is 20.7 Å². The van der Waals surface area contributed by atoms with E-state index in [9.17, 15) is 9.50 Å². The molecule has 1 aliphatic heterocycles. The van der Waals surface area contributed by atoms with Gasteiger partial charge in [-0.2, -0.15) is 4.98 Å². The smallest absolute Gasteiger partial charge is 0.222 e. The number of hydrogen-bond donors (Lipinski definition) is 3. The van der Waals surface area contributed by atoms with E-state index in [1.807, 2.05) is 35.4 Å². The fourth-order valence-corrected chi connectivity index (χ4v) is 4.48. The van der Waals surface area contributed by atoms with Crippen molar-refractivity contribution >= 4 is 28.9 Å². The zero-order valence-electron chi connectivity index (χ0n) is 17.2. The number of anilines is 2. The highest BCUT2D eigenvalue weighted by atomic mass is 19.1. The van der Waals surface area contributed by atoms with Crippen LogP contribution >= 0.6 is 0 Å². The summed E-state index contributed by atoms with van der Waals surface area (Å²) in [5.41, 5.74) is 12.4. The minimum absolute atomic E-state index is 0.117. The van der Waals surface area contributed by atoms with Crippen LogP contribution in [0, 0.1) is 5.82 Å². The van der Waals surface area contributed by atoms with Crippen molar-refractivity contribution in [2.45, 2.75) is 31.9 Å². The molecule has 7 nitrogen and oxygen atoms in total. The average Bonchev–Trinajstić information content (AvgIpc) is 3.55. The molecule has 2 aliphatic rings. The zero-order chi connectivity index (χ0) is 21.8. The minimum Gasteiger partial charge on any atom is -0.392 e. The van der Waals surface area contributed by atoms with E-state index in [1.165, 1.54) is 6.33 Å². The van der Waals surface area contributed by atoms with Crippen LogP contribution in [0.1, 0.15) is 41.0 Å². The number of benzene rings is 2. The van der Waals surface area contributed by atoms with Crippen LogP contribution in [0.15, 0.2) is 42.9 Å². The molecule has 0 amide bonds. The van der Waals surface area contributed by atoms with Crippen molar-refractivity contribution in [3.05, 3.63) is 70.9 Å². The summed E-state index contributed by atoms with van der Waals surface area (Å²) in [6, 6.07) is 9.44. The number of nitrogens with zero attached hydrogens (tertiary/aromatic N) is 4. The summed E-state index contributed by atoms with van der Waals surface area (Å²) in [4.78, 5) is 17.8. The van der Waals surface area contributed by atoms with Crippen molar-refractivity contribution < 1.29 is 9.50 Å². The van der Waals surface area contributed by atoms with Crippen molar-refractivity contribution in [2.75, 3.05) is 10.6 Å². The molecule has 1 fully saturated rings. The second kappa shape index (κ2) is 7.13. The summed E-state index contributed by atoms with van der Waals surface area (Å²) in [5.74, 6) is 0.437. The van der Waals surface area contributed by atoms with E-state index in [2.05, 4.69) is 26.0 Å². The molecule has 1 aliphatic carbocycles. The van der Waals surface area contributed by atoms with E-state index >= 15 is 0 Å². The van der Waals surface area contributed by atoms with Crippen LogP contribution in [-0.2, 0) is 13.2 Å². The molecular formula is C24H21FN6O. The Morgan fingerprint density at radius 3 is 2.91 bits per heavy atom. The van der Waals surface area contributed by atoms with Crippen molar-refractivity contribution in [1.82, 2.24) is 19.9 Å². The maximum absolute atomic E-state index is 15.0. The van der Waals surface area contributed by atoms with Gasteiger partial charge in [-0.1, -0.05) is 18.2 Å². The van der Waals surface area contributed by atoms with Gasteiger partial charge in [-0.25, -0.2) is 14.4 Å². The van der Waals surface area contributed by atoms with Crippen molar-refractivity contribution in [3.63, 3.8) is 0 Å². The van der Waals surface area contributed by atoms with Crippen molar-refractivity contribution in [2.24, 2.45) is 0 Å². The predicted molar refractivity (Wildman–Crippen MR) is 121 cm³/mol. The fourth-order valence-electron chi connectivity index (χ4n) is 4.48. The summed E-state index contributed by atoms with van der Waals surface area (Å²) in [6.45, 7) is 0.157. The molecule has 2 aromatic heterocycles. The van der Waals surface area contributed by atoms with Crippen LogP contribution in [0.2, 0.25) is 0 Å². The van der Waals surface area contributed by atoms with Gasteiger partial charge in [-0.3, -0.25) is 0 Å². The van der Waals surface area contributed by atoms with Crippen LogP contribution < -0.4 is 10.6 Å². The number of aliphatic hydroxyl groups is 1. The number of aliphatic hydroxyl groups excluding tert-OH is 1. The summed E-state index contributed by atoms with van der Waals surface area (Å²) in [7, 11) is 0. The highest BCUT2D eigenvalue weighted by molar-refractivity contribution is 5.90. The standard InChI is InChI=1S/C24H21FN6O/c25-19-9-15(13-4-5-13)8-14-6-7-31(10-17(14)19)20-3-1-2-16(18(20)11-32)21-22-23(28-12-27-22)30-24(26)29-21/h1-3,6-9,12-13,32H,4-5,10-11H2,(H3,26,27,28,29,30). The first-order valence-electron chi connectivity index (χ1n) is 10.6. The Bertz CT molecular complexity index is 1390. The molecule has 160 valence electrons. The Hall–Kier alpha value is -3.78. The largest absolute Gasteiger partial charge is 0.392 e. The molecule has 3 heterocycles. The van der Waals surface area contributed by atoms with Gasteiger partial charge in [0.25, 0.3) is 0 Å². The molecule has 0 radical (unpaired) electrons. The first-order chi connectivity index (χ1) is 15.6. The van der Waals surface area contributed by atoms with Gasteiger partial charge in [0.2, 0.25) is 5.95 Å². The number of rotatable bonds is 4. The van der Waals surface area contributed by atoms with Crippen LogP contribution in [0.5, 0.6) is 0 Å². The number of H-pyrrole nitrogens is 1. The predicted octanol–water partition coefficient (Wildman–Crippen LogP) is 4.10. The van der Waals surface area contributed by atoms with Crippen LogP contribution in [0.3, 0.4) is 0 Å². The summed E-state index contributed by atoms with van der Waals surface area (Å²) in [5, 5.41) is 10.3. The van der Waals surface area contributed by atoms with Crippen molar-refractivity contribution in [1.29, 1.82) is 0 Å². The second-order valence-electron chi connectivity index (χ2n) is 8.28. The van der Waals surface area contributed by atoms with Crippen molar-refractivity contribution in [3.8, 4) is 11.3 Å². The number of fused-ring (bicyclic) bond motifs is 2. The molecule has 0 unspecified atom stereocenters. The zero-order valence-corrected chi connectivity index (χ0v) is 17.2. The first-order valence-corrected chi connectivity index (χ1v) is 10.6. The third-order valence-corrected chi connectivity index (χ3v) is 6.23. The maximum atomic E-state index is 15.0. The topological polar surface area (TPSA) is 104 Å². The molecular weight excluding hydrogens is 407 g/mol. The minimum atomic E-state index is -0.221.